The first-order valence-electron chi connectivity index (χ1n) is 10.5. The highest BCUT2D eigenvalue weighted by Gasteiger charge is 2.42. The Morgan fingerprint density at radius 1 is 0.931 bits per heavy atom. The fraction of sp³-hybridized carbons (Fsp3) is 0.417. The quantitative estimate of drug-likeness (QED) is 0.758. The summed E-state index contributed by atoms with van der Waals surface area (Å²) >= 11 is 0. The summed E-state index contributed by atoms with van der Waals surface area (Å²) < 4.78 is 6.10. The van der Waals surface area contributed by atoms with Crippen molar-refractivity contribution in [3.63, 3.8) is 0 Å². The highest BCUT2D eigenvalue weighted by Crippen LogP contribution is 2.26. The molecule has 0 saturated carbocycles. The Hall–Kier alpha value is -2.82. The summed E-state index contributed by atoms with van der Waals surface area (Å²) in [5.41, 5.74) is 1.14. The number of para-hydroxylation sites is 1. The number of ether oxygens (including phenoxy) is 1. The van der Waals surface area contributed by atoms with E-state index in [1.807, 2.05) is 65.6 Å². The number of carbonyl (C=O) groups is 2. The average Bonchev–Trinajstić information content (AvgIpc) is 3.43. The maximum Gasteiger partial charge on any atom is 0.245 e. The zero-order valence-corrected chi connectivity index (χ0v) is 16.7. The van der Waals surface area contributed by atoms with Gasteiger partial charge in [0.25, 0.3) is 0 Å². The van der Waals surface area contributed by atoms with E-state index < -0.39 is 6.04 Å². The second-order valence-corrected chi connectivity index (χ2v) is 7.87. The number of aryl methyl sites for hydroxylation is 1. The molecule has 4 rings (SSSR count). The molecule has 2 aliphatic heterocycles. The lowest BCUT2D eigenvalue weighted by atomic mass is 10.1. The Morgan fingerprint density at radius 2 is 1.59 bits per heavy atom. The van der Waals surface area contributed by atoms with E-state index in [0.717, 1.165) is 37.2 Å². The third-order valence-corrected chi connectivity index (χ3v) is 5.80. The topological polar surface area (TPSA) is 49.9 Å². The van der Waals surface area contributed by atoms with E-state index in [1.165, 1.54) is 0 Å². The Morgan fingerprint density at radius 3 is 2.28 bits per heavy atom. The van der Waals surface area contributed by atoms with Crippen LogP contribution in [0.15, 0.2) is 60.7 Å². The van der Waals surface area contributed by atoms with Crippen molar-refractivity contribution in [3.05, 3.63) is 66.2 Å². The van der Waals surface area contributed by atoms with Crippen LogP contribution in [0.25, 0.3) is 0 Å². The van der Waals surface area contributed by atoms with Gasteiger partial charge in [-0.2, -0.15) is 0 Å². The molecule has 29 heavy (non-hydrogen) atoms. The van der Waals surface area contributed by atoms with Gasteiger partial charge in [-0.05, 0) is 37.0 Å². The van der Waals surface area contributed by atoms with E-state index >= 15 is 0 Å². The largest absolute Gasteiger partial charge is 0.488 e. The highest BCUT2D eigenvalue weighted by atomic mass is 16.5. The van der Waals surface area contributed by atoms with Gasteiger partial charge in [0.1, 0.15) is 17.9 Å². The smallest absolute Gasteiger partial charge is 0.245 e. The van der Waals surface area contributed by atoms with Crippen LogP contribution in [0.5, 0.6) is 5.75 Å². The fourth-order valence-electron chi connectivity index (χ4n) is 4.27. The summed E-state index contributed by atoms with van der Waals surface area (Å²) in [7, 11) is 0. The number of likely N-dealkylation sites (tertiary alicyclic amines) is 2. The predicted molar refractivity (Wildman–Crippen MR) is 112 cm³/mol. The van der Waals surface area contributed by atoms with E-state index in [1.54, 1.807) is 4.90 Å². The summed E-state index contributed by atoms with van der Waals surface area (Å²) in [6, 6.07) is 19.2. The first-order chi connectivity index (χ1) is 14.2. The van der Waals surface area contributed by atoms with Gasteiger partial charge in [0, 0.05) is 25.9 Å². The van der Waals surface area contributed by atoms with Crippen LogP contribution < -0.4 is 4.74 Å². The summed E-state index contributed by atoms with van der Waals surface area (Å²) in [5.74, 6) is 0.892. The van der Waals surface area contributed by atoms with E-state index in [2.05, 4.69) is 0 Å². The van der Waals surface area contributed by atoms with E-state index in [9.17, 15) is 9.59 Å². The minimum Gasteiger partial charge on any atom is -0.488 e. The number of rotatable bonds is 6. The summed E-state index contributed by atoms with van der Waals surface area (Å²) in [6.45, 7) is 2.06. The first kappa shape index (κ1) is 19.5. The molecule has 2 amide bonds. The van der Waals surface area contributed by atoms with E-state index in [-0.39, 0.29) is 17.9 Å². The van der Waals surface area contributed by atoms with Crippen LogP contribution in [0, 0.1) is 0 Å². The second-order valence-electron chi connectivity index (χ2n) is 7.87. The number of hydrogen-bond acceptors (Lipinski definition) is 3. The van der Waals surface area contributed by atoms with Crippen molar-refractivity contribution in [2.24, 2.45) is 0 Å². The molecule has 2 fully saturated rings. The van der Waals surface area contributed by atoms with Gasteiger partial charge in [-0.25, -0.2) is 0 Å². The van der Waals surface area contributed by atoms with Gasteiger partial charge >= 0.3 is 0 Å². The predicted octanol–water partition coefficient (Wildman–Crippen LogP) is 3.29. The molecule has 2 aromatic rings. The molecule has 2 saturated heterocycles. The molecule has 2 unspecified atom stereocenters. The summed E-state index contributed by atoms with van der Waals surface area (Å²) in [5, 5.41) is 0. The summed E-state index contributed by atoms with van der Waals surface area (Å²) in [4.78, 5) is 29.8. The van der Waals surface area contributed by atoms with Gasteiger partial charge in [0.2, 0.25) is 11.8 Å². The van der Waals surface area contributed by atoms with Gasteiger partial charge in [-0.1, -0.05) is 48.5 Å². The number of benzene rings is 2. The van der Waals surface area contributed by atoms with Crippen LogP contribution in [0.3, 0.4) is 0 Å². The van der Waals surface area contributed by atoms with Gasteiger partial charge in [0.05, 0.1) is 6.54 Å². The molecule has 0 radical (unpaired) electrons. The Balaban J connectivity index is 1.44. The lowest BCUT2D eigenvalue weighted by Crippen LogP contribution is -2.47. The molecule has 2 aromatic carbocycles. The minimum absolute atomic E-state index is 0.0329. The van der Waals surface area contributed by atoms with Gasteiger partial charge in [-0.3, -0.25) is 9.59 Å². The number of carbonyl (C=O) groups excluding carboxylic acids is 2. The third kappa shape index (κ3) is 4.78. The SMILES string of the molecule is O=C(C1CC(Oc2ccccc2)CN1C(=O)CCc1ccccc1)N1CCCC1. The van der Waals surface area contributed by atoms with Crippen LogP contribution in [0.1, 0.15) is 31.2 Å². The van der Waals surface area contributed by atoms with E-state index in [0.29, 0.717) is 25.8 Å². The highest BCUT2D eigenvalue weighted by molar-refractivity contribution is 5.88. The van der Waals surface area contributed by atoms with Crippen LogP contribution in [0.4, 0.5) is 0 Å². The van der Waals surface area contributed by atoms with Gasteiger partial charge in [-0.15, -0.1) is 0 Å². The molecule has 0 spiro atoms. The van der Waals surface area contributed by atoms with Crippen molar-refractivity contribution in [2.45, 2.75) is 44.2 Å². The maximum absolute atomic E-state index is 13.1. The van der Waals surface area contributed by atoms with Crippen LogP contribution in [-0.2, 0) is 16.0 Å². The van der Waals surface area contributed by atoms with Crippen LogP contribution >= 0.6 is 0 Å². The average molecular weight is 392 g/mol. The molecule has 0 aromatic heterocycles. The van der Waals surface area contributed by atoms with E-state index in [4.69, 9.17) is 4.74 Å². The van der Waals surface area contributed by atoms with Gasteiger partial charge in [0.15, 0.2) is 0 Å². The monoisotopic (exact) mass is 392 g/mol. The van der Waals surface area contributed by atoms with Crippen molar-refractivity contribution >= 4 is 11.8 Å². The molecule has 0 aliphatic carbocycles. The molecule has 0 bridgehead atoms. The second kappa shape index (κ2) is 9.12. The first-order valence-corrected chi connectivity index (χ1v) is 10.5. The molecule has 0 N–H and O–H groups in total. The van der Waals surface area contributed by atoms with Crippen LogP contribution in [-0.4, -0.2) is 53.4 Å². The Bertz CT molecular complexity index is 819. The normalized spacial score (nSPS) is 21.4. The van der Waals surface area contributed by atoms with Crippen molar-refractivity contribution in [3.8, 4) is 5.75 Å². The van der Waals surface area contributed by atoms with Gasteiger partial charge < -0.3 is 14.5 Å². The molecule has 2 heterocycles. The van der Waals surface area contributed by atoms with Crippen molar-refractivity contribution < 1.29 is 14.3 Å². The standard InChI is InChI=1S/C24H28N2O3/c27-23(14-13-19-9-3-1-4-10-19)26-18-21(29-20-11-5-2-6-12-20)17-22(26)24(28)25-15-7-8-16-25/h1-6,9-12,21-22H,7-8,13-18H2. The van der Waals surface area contributed by atoms with Crippen molar-refractivity contribution in [2.75, 3.05) is 19.6 Å². The lowest BCUT2D eigenvalue weighted by molar-refractivity contribution is -0.143. The molecule has 152 valence electrons. The molecule has 2 atom stereocenters. The minimum atomic E-state index is -0.412. The molecular formula is C24H28N2O3. The molecule has 2 aliphatic rings. The maximum atomic E-state index is 13.1. The Kier molecular flexibility index (Phi) is 6.13. The zero-order valence-electron chi connectivity index (χ0n) is 16.7. The number of nitrogens with zero attached hydrogens (tertiary/aromatic N) is 2. The number of hydrogen-bond donors (Lipinski definition) is 0. The van der Waals surface area contributed by atoms with Crippen molar-refractivity contribution in [1.29, 1.82) is 0 Å². The zero-order chi connectivity index (χ0) is 20.1. The van der Waals surface area contributed by atoms with Crippen molar-refractivity contribution in [1.82, 2.24) is 9.80 Å². The molecule has 5 nitrogen and oxygen atoms in total. The fourth-order valence-corrected chi connectivity index (χ4v) is 4.27. The van der Waals surface area contributed by atoms with Crippen LogP contribution in [0.2, 0.25) is 0 Å². The molecular weight excluding hydrogens is 364 g/mol. The Labute approximate surface area is 172 Å². The third-order valence-electron chi connectivity index (χ3n) is 5.80. The summed E-state index contributed by atoms with van der Waals surface area (Å²) in [6.07, 6.45) is 3.59. The number of amides is 2. The lowest BCUT2D eigenvalue weighted by Gasteiger charge is -2.27. The molecule has 5 heteroatoms.